The summed E-state index contributed by atoms with van der Waals surface area (Å²) in [5.74, 6) is 0. The lowest BCUT2D eigenvalue weighted by Gasteiger charge is -1.85. The average Bonchev–Trinajstić information content (AvgIpc) is 2.01. The Morgan fingerprint density at radius 2 is 1.10 bits per heavy atom. The van der Waals surface area contributed by atoms with Crippen LogP contribution in [0.5, 0.6) is 0 Å². The fourth-order valence-corrected chi connectivity index (χ4v) is 0.224. The number of rotatable bonds is 4. The van der Waals surface area contributed by atoms with Gasteiger partial charge in [0, 0.05) is 13.2 Å². The van der Waals surface area contributed by atoms with Gasteiger partial charge in [-0.25, -0.2) is 0 Å². The molecule has 0 aromatic carbocycles. The summed E-state index contributed by atoms with van der Waals surface area (Å²) in [5, 5.41) is 16.2. The molecular weight excluding hydrogens is 128 g/mol. The quantitative estimate of drug-likeness (QED) is 0.594. The summed E-state index contributed by atoms with van der Waals surface area (Å²) in [6, 6.07) is 0. The average molecular weight is 148 g/mol. The first-order valence-electron chi connectivity index (χ1n) is 4.05. The number of hydrogen-bond donors (Lipinski definition) is 2. The van der Waals surface area contributed by atoms with Crippen molar-refractivity contribution in [3.63, 3.8) is 0 Å². The van der Waals surface area contributed by atoms with E-state index in [1.165, 1.54) is 12.8 Å². The zero-order chi connectivity index (χ0) is 8.24. The fourth-order valence-electron chi connectivity index (χ4n) is 0.224. The van der Waals surface area contributed by atoms with Crippen LogP contribution in [0.1, 0.15) is 39.5 Å². The van der Waals surface area contributed by atoms with Gasteiger partial charge in [-0.1, -0.05) is 26.7 Å². The minimum Gasteiger partial charge on any atom is -0.396 e. The van der Waals surface area contributed by atoms with Crippen molar-refractivity contribution in [1.29, 1.82) is 0 Å². The smallest absolute Gasteiger partial charge is 0.0431 e. The van der Waals surface area contributed by atoms with E-state index in [0.717, 1.165) is 12.8 Å². The van der Waals surface area contributed by atoms with Gasteiger partial charge in [-0.3, -0.25) is 0 Å². The van der Waals surface area contributed by atoms with Crippen LogP contribution in [-0.4, -0.2) is 23.4 Å². The van der Waals surface area contributed by atoms with Crippen LogP contribution in [0.4, 0.5) is 0 Å². The Bertz CT molecular complexity index is 32.2. The SMILES string of the molecule is CCCC.OCCCCO. The Balaban J connectivity index is 0. The van der Waals surface area contributed by atoms with Crippen LogP contribution in [0.2, 0.25) is 0 Å². The topological polar surface area (TPSA) is 40.5 Å². The highest BCUT2D eigenvalue weighted by molar-refractivity contribution is 4.30. The zero-order valence-corrected chi connectivity index (χ0v) is 7.14. The first-order chi connectivity index (χ1) is 4.83. The Kier molecular flexibility index (Phi) is 20.1. The number of unbranched alkanes of at least 4 members (excludes halogenated alkanes) is 2. The van der Waals surface area contributed by atoms with E-state index in [0.29, 0.717) is 0 Å². The minimum absolute atomic E-state index is 0.195. The van der Waals surface area contributed by atoms with Crippen LogP contribution in [0.25, 0.3) is 0 Å². The van der Waals surface area contributed by atoms with E-state index in [-0.39, 0.29) is 13.2 Å². The van der Waals surface area contributed by atoms with E-state index < -0.39 is 0 Å². The Morgan fingerprint density at radius 3 is 1.20 bits per heavy atom. The molecule has 0 aliphatic rings. The molecule has 2 heteroatoms. The monoisotopic (exact) mass is 148 g/mol. The molecule has 0 aliphatic carbocycles. The van der Waals surface area contributed by atoms with Crippen molar-refractivity contribution in [2.45, 2.75) is 39.5 Å². The third-order valence-corrected chi connectivity index (χ3v) is 1.07. The number of hydrogen-bond acceptors (Lipinski definition) is 2. The molecule has 64 valence electrons. The van der Waals surface area contributed by atoms with Gasteiger partial charge in [0.1, 0.15) is 0 Å². The van der Waals surface area contributed by atoms with Gasteiger partial charge < -0.3 is 10.2 Å². The second-order valence-corrected chi connectivity index (χ2v) is 2.15. The normalized spacial score (nSPS) is 8.40. The van der Waals surface area contributed by atoms with Gasteiger partial charge in [0.05, 0.1) is 0 Å². The van der Waals surface area contributed by atoms with Gasteiger partial charge in [-0.15, -0.1) is 0 Å². The number of aliphatic hydroxyl groups excluding tert-OH is 2. The summed E-state index contributed by atoms with van der Waals surface area (Å²) in [6.45, 7) is 4.75. The second kappa shape index (κ2) is 16.0. The van der Waals surface area contributed by atoms with Crippen LogP contribution in [0, 0.1) is 0 Å². The van der Waals surface area contributed by atoms with Gasteiger partial charge in [0.15, 0.2) is 0 Å². The molecule has 0 rings (SSSR count). The molecule has 0 unspecified atom stereocenters. The fraction of sp³-hybridized carbons (Fsp3) is 1.00. The third-order valence-electron chi connectivity index (χ3n) is 1.07. The minimum atomic E-state index is 0.195. The van der Waals surface area contributed by atoms with Gasteiger partial charge in [-0.05, 0) is 12.8 Å². The first-order valence-corrected chi connectivity index (χ1v) is 4.05. The molecule has 0 heterocycles. The maximum Gasteiger partial charge on any atom is 0.0431 e. The van der Waals surface area contributed by atoms with E-state index in [9.17, 15) is 0 Å². The Morgan fingerprint density at radius 1 is 0.800 bits per heavy atom. The predicted molar refractivity (Wildman–Crippen MR) is 44.0 cm³/mol. The summed E-state index contributed by atoms with van der Waals surface area (Å²) in [7, 11) is 0. The summed E-state index contributed by atoms with van der Waals surface area (Å²) in [5.41, 5.74) is 0. The molecule has 0 saturated carbocycles. The zero-order valence-electron chi connectivity index (χ0n) is 7.14. The Hall–Kier alpha value is -0.0800. The molecule has 0 radical (unpaired) electrons. The van der Waals surface area contributed by atoms with Crippen molar-refractivity contribution in [3.8, 4) is 0 Å². The van der Waals surface area contributed by atoms with Crippen LogP contribution in [-0.2, 0) is 0 Å². The van der Waals surface area contributed by atoms with Crippen molar-refractivity contribution < 1.29 is 10.2 Å². The summed E-state index contributed by atoms with van der Waals surface area (Å²) >= 11 is 0. The maximum absolute atomic E-state index is 8.09. The molecule has 0 amide bonds. The molecule has 2 nitrogen and oxygen atoms in total. The molecule has 2 N–H and O–H groups in total. The van der Waals surface area contributed by atoms with Crippen molar-refractivity contribution >= 4 is 0 Å². The molecule has 0 aromatic heterocycles. The summed E-state index contributed by atoms with van der Waals surface area (Å²) in [4.78, 5) is 0. The lowest BCUT2D eigenvalue weighted by molar-refractivity contribution is 0.242. The van der Waals surface area contributed by atoms with Crippen LogP contribution >= 0.6 is 0 Å². The van der Waals surface area contributed by atoms with E-state index in [1.54, 1.807) is 0 Å². The lowest BCUT2D eigenvalue weighted by atomic mass is 10.3. The molecule has 0 bridgehead atoms. The van der Waals surface area contributed by atoms with Gasteiger partial charge in [0.25, 0.3) is 0 Å². The second-order valence-electron chi connectivity index (χ2n) is 2.15. The van der Waals surface area contributed by atoms with Gasteiger partial charge in [-0.2, -0.15) is 0 Å². The van der Waals surface area contributed by atoms with Crippen molar-refractivity contribution in [2.24, 2.45) is 0 Å². The molecule has 10 heavy (non-hydrogen) atoms. The van der Waals surface area contributed by atoms with E-state index in [4.69, 9.17) is 10.2 Å². The molecule has 0 fully saturated rings. The maximum atomic E-state index is 8.09. The van der Waals surface area contributed by atoms with Crippen LogP contribution in [0.15, 0.2) is 0 Å². The molecule has 0 aromatic rings. The van der Waals surface area contributed by atoms with E-state index in [2.05, 4.69) is 13.8 Å². The molecule has 0 spiro atoms. The van der Waals surface area contributed by atoms with Crippen LogP contribution < -0.4 is 0 Å². The predicted octanol–water partition coefficient (Wildman–Crippen LogP) is 1.56. The third kappa shape index (κ3) is 24.7. The molecular formula is C8H20O2. The highest BCUT2D eigenvalue weighted by atomic mass is 16.3. The van der Waals surface area contributed by atoms with Crippen molar-refractivity contribution in [2.75, 3.05) is 13.2 Å². The first kappa shape index (κ1) is 12.6. The van der Waals surface area contributed by atoms with Crippen LogP contribution in [0.3, 0.4) is 0 Å². The highest BCUT2D eigenvalue weighted by Crippen LogP contribution is 1.80. The largest absolute Gasteiger partial charge is 0.396 e. The van der Waals surface area contributed by atoms with E-state index in [1.807, 2.05) is 0 Å². The van der Waals surface area contributed by atoms with Crippen molar-refractivity contribution in [1.82, 2.24) is 0 Å². The molecule has 0 saturated heterocycles. The standard InChI is InChI=1S/C4H10O2.C4H10/c5-3-1-2-4-6;1-3-4-2/h5-6H,1-4H2;3-4H2,1-2H3. The van der Waals surface area contributed by atoms with E-state index >= 15 is 0 Å². The number of aliphatic hydroxyl groups is 2. The summed E-state index contributed by atoms with van der Waals surface area (Å²) < 4.78 is 0. The van der Waals surface area contributed by atoms with Crippen molar-refractivity contribution in [3.05, 3.63) is 0 Å². The summed E-state index contributed by atoms with van der Waals surface area (Å²) in [6.07, 6.45) is 4.08. The molecule has 0 atom stereocenters. The van der Waals surface area contributed by atoms with Gasteiger partial charge in [0.2, 0.25) is 0 Å². The van der Waals surface area contributed by atoms with Gasteiger partial charge >= 0.3 is 0 Å². The molecule has 0 aliphatic heterocycles. The Labute approximate surface area is 63.9 Å². The lowest BCUT2D eigenvalue weighted by Crippen LogP contribution is -1.85. The highest BCUT2D eigenvalue weighted by Gasteiger charge is 1.77.